The highest BCUT2D eigenvalue weighted by Crippen LogP contribution is 2.22. The van der Waals surface area contributed by atoms with Crippen LogP contribution in [-0.2, 0) is 7.05 Å². The van der Waals surface area contributed by atoms with Gasteiger partial charge >= 0.3 is 0 Å². The molecule has 8 heteroatoms. The third-order valence-electron chi connectivity index (χ3n) is 4.26. The van der Waals surface area contributed by atoms with E-state index >= 15 is 0 Å². The van der Waals surface area contributed by atoms with Crippen molar-refractivity contribution in [2.45, 2.75) is 0 Å². The number of aryl methyl sites for hydroxylation is 1. The summed E-state index contributed by atoms with van der Waals surface area (Å²) in [4.78, 5) is 16.5. The van der Waals surface area contributed by atoms with Gasteiger partial charge in [-0.05, 0) is 40.2 Å². The molecule has 1 aliphatic heterocycles. The Morgan fingerprint density at radius 3 is 2.56 bits per heavy atom. The van der Waals surface area contributed by atoms with Crippen molar-refractivity contribution >= 4 is 33.2 Å². The fourth-order valence-corrected chi connectivity index (χ4v) is 3.49. The third-order valence-corrected chi connectivity index (χ3v) is 5.26. The molecule has 0 unspecified atom stereocenters. The van der Waals surface area contributed by atoms with Gasteiger partial charge in [0, 0.05) is 44.8 Å². The van der Waals surface area contributed by atoms with Crippen LogP contribution in [0.2, 0.25) is 5.02 Å². The van der Waals surface area contributed by atoms with E-state index in [0.29, 0.717) is 16.1 Å². The number of halogens is 2. The summed E-state index contributed by atoms with van der Waals surface area (Å²) in [6.45, 7) is 5.06. The van der Waals surface area contributed by atoms with Gasteiger partial charge in [-0.3, -0.25) is 9.69 Å². The Bertz CT molecular complexity index is 773. The normalized spacial score (nSPS) is 15.4. The number of hydrogen-bond donors (Lipinski definition) is 0. The van der Waals surface area contributed by atoms with E-state index in [0.717, 1.165) is 44.2 Å². The lowest BCUT2D eigenvalue weighted by molar-refractivity contribution is 0.200. The van der Waals surface area contributed by atoms with Crippen LogP contribution in [0.4, 0.5) is 5.69 Å². The van der Waals surface area contributed by atoms with Gasteiger partial charge in [0.25, 0.3) is 5.56 Å². The smallest absolute Gasteiger partial charge is 0.282 e. The lowest BCUT2D eigenvalue weighted by Crippen LogP contribution is -2.48. The Morgan fingerprint density at radius 2 is 1.88 bits per heavy atom. The zero-order valence-corrected chi connectivity index (χ0v) is 16.3. The van der Waals surface area contributed by atoms with Crippen molar-refractivity contribution in [1.82, 2.24) is 14.7 Å². The maximum atomic E-state index is 12.0. The van der Waals surface area contributed by atoms with Gasteiger partial charge in [-0.15, -0.1) is 0 Å². The predicted octanol–water partition coefficient (Wildman–Crippen LogP) is 2.40. The SMILES string of the molecule is Cn1ncc(N2CCN(CCOc3ccc(Cl)cc3)CC2)c(Br)c1=O. The van der Waals surface area contributed by atoms with Crippen LogP contribution in [0.25, 0.3) is 0 Å². The van der Waals surface area contributed by atoms with Crippen LogP contribution in [0.3, 0.4) is 0 Å². The van der Waals surface area contributed by atoms with E-state index in [9.17, 15) is 4.79 Å². The van der Waals surface area contributed by atoms with Gasteiger partial charge in [0.15, 0.2) is 0 Å². The number of rotatable bonds is 5. The summed E-state index contributed by atoms with van der Waals surface area (Å²) in [6, 6.07) is 7.40. The lowest BCUT2D eigenvalue weighted by Gasteiger charge is -2.36. The van der Waals surface area contributed by atoms with Gasteiger partial charge in [0.1, 0.15) is 16.8 Å². The number of piperazine rings is 1. The van der Waals surface area contributed by atoms with Crippen LogP contribution in [0.15, 0.2) is 39.7 Å². The molecule has 1 aromatic carbocycles. The van der Waals surface area contributed by atoms with Crippen LogP contribution >= 0.6 is 27.5 Å². The van der Waals surface area contributed by atoms with Crippen LogP contribution in [-0.4, -0.2) is 54.0 Å². The molecular formula is C17H20BrClN4O2. The van der Waals surface area contributed by atoms with E-state index in [1.807, 2.05) is 24.3 Å². The number of nitrogens with zero attached hydrogens (tertiary/aromatic N) is 4. The van der Waals surface area contributed by atoms with Gasteiger partial charge in [0.2, 0.25) is 0 Å². The molecule has 0 saturated carbocycles. The van der Waals surface area contributed by atoms with Crippen molar-refractivity contribution in [3.05, 3.63) is 50.3 Å². The molecule has 0 spiro atoms. The summed E-state index contributed by atoms with van der Waals surface area (Å²) in [5.74, 6) is 0.832. The van der Waals surface area contributed by atoms with E-state index in [-0.39, 0.29) is 5.56 Å². The van der Waals surface area contributed by atoms with Crippen LogP contribution in [0.1, 0.15) is 0 Å². The first kappa shape index (κ1) is 18.2. The number of ether oxygens (including phenoxy) is 1. The van der Waals surface area contributed by atoms with E-state index in [2.05, 4.69) is 30.8 Å². The van der Waals surface area contributed by atoms with Crippen molar-refractivity contribution < 1.29 is 4.74 Å². The van der Waals surface area contributed by atoms with E-state index in [1.54, 1.807) is 13.2 Å². The molecule has 0 radical (unpaired) electrons. The van der Waals surface area contributed by atoms with Crippen molar-refractivity contribution in [2.75, 3.05) is 44.2 Å². The number of anilines is 1. The Kier molecular flexibility index (Phi) is 5.98. The fraction of sp³-hybridized carbons (Fsp3) is 0.412. The molecule has 6 nitrogen and oxygen atoms in total. The van der Waals surface area contributed by atoms with Gasteiger partial charge in [-0.25, -0.2) is 4.68 Å². The molecule has 0 N–H and O–H groups in total. The van der Waals surface area contributed by atoms with Gasteiger partial charge in [-0.2, -0.15) is 5.10 Å². The minimum absolute atomic E-state index is 0.115. The molecule has 25 heavy (non-hydrogen) atoms. The summed E-state index contributed by atoms with van der Waals surface area (Å²) >= 11 is 9.26. The molecule has 1 aliphatic rings. The highest BCUT2D eigenvalue weighted by molar-refractivity contribution is 9.10. The first-order chi connectivity index (χ1) is 12.0. The van der Waals surface area contributed by atoms with Gasteiger partial charge in [-0.1, -0.05) is 11.6 Å². The Balaban J connectivity index is 1.48. The first-order valence-corrected chi connectivity index (χ1v) is 9.29. The molecular weight excluding hydrogens is 408 g/mol. The van der Waals surface area contributed by atoms with Crippen molar-refractivity contribution in [3.63, 3.8) is 0 Å². The number of hydrogen-bond acceptors (Lipinski definition) is 5. The topological polar surface area (TPSA) is 50.6 Å². The molecule has 0 atom stereocenters. The second-order valence-electron chi connectivity index (χ2n) is 5.90. The Labute approximate surface area is 160 Å². The summed E-state index contributed by atoms with van der Waals surface area (Å²) in [5, 5.41) is 4.82. The van der Waals surface area contributed by atoms with E-state index < -0.39 is 0 Å². The fourth-order valence-electron chi connectivity index (χ4n) is 2.76. The molecule has 1 fully saturated rings. The number of benzene rings is 1. The van der Waals surface area contributed by atoms with Crippen LogP contribution in [0.5, 0.6) is 5.75 Å². The molecule has 2 heterocycles. The average Bonchev–Trinajstić information content (AvgIpc) is 2.62. The Hall–Kier alpha value is -1.57. The first-order valence-electron chi connectivity index (χ1n) is 8.12. The second-order valence-corrected chi connectivity index (χ2v) is 7.13. The zero-order valence-electron chi connectivity index (χ0n) is 14.0. The predicted molar refractivity (Wildman–Crippen MR) is 103 cm³/mol. The zero-order chi connectivity index (χ0) is 17.8. The third kappa shape index (κ3) is 4.54. The summed E-state index contributed by atoms with van der Waals surface area (Å²) in [5.41, 5.74) is 0.747. The molecule has 3 rings (SSSR count). The van der Waals surface area contributed by atoms with Crippen LogP contribution in [0, 0.1) is 0 Å². The largest absolute Gasteiger partial charge is 0.492 e. The van der Waals surface area contributed by atoms with Gasteiger partial charge < -0.3 is 9.64 Å². The highest BCUT2D eigenvalue weighted by Gasteiger charge is 2.20. The Morgan fingerprint density at radius 1 is 1.20 bits per heavy atom. The quantitative estimate of drug-likeness (QED) is 0.733. The molecule has 0 bridgehead atoms. The summed E-state index contributed by atoms with van der Waals surface area (Å²) < 4.78 is 7.65. The maximum Gasteiger partial charge on any atom is 0.282 e. The van der Waals surface area contributed by atoms with E-state index in [1.165, 1.54) is 4.68 Å². The molecule has 0 amide bonds. The monoisotopic (exact) mass is 426 g/mol. The minimum atomic E-state index is -0.115. The minimum Gasteiger partial charge on any atom is -0.492 e. The average molecular weight is 428 g/mol. The van der Waals surface area contributed by atoms with Crippen molar-refractivity contribution in [3.8, 4) is 5.75 Å². The molecule has 1 saturated heterocycles. The lowest BCUT2D eigenvalue weighted by atomic mass is 10.3. The molecule has 0 aliphatic carbocycles. The second kappa shape index (κ2) is 8.21. The van der Waals surface area contributed by atoms with E-state index in [4.69, 9.17) is 16.3 Å². The van der Waals surface area contributed by atoms with Crippen molar-refractivity contribution in [1.29, 1.82) is 0 Å². The van der Waals surface area contributed by atoms with Crippen LogP contribution < -0.4 is 15.2 Å². The number of aromatic nitrogens is 2. The summed E-state index contributed by atoms with van der Waals surface area (Å²) in [7, 11) is 1.65. The molecule has 1 aromatic heterocycles. The molecule has 2 aromatic rings. The maximum absolute atomic E-state index is 12.0. The summed E-state index contributed by atoms with van der Waals surface area (Å²) in [6.07, 6.45) is 1.74. The molecule has 134 valence electrons. The highest BCUT2D eigenvalue weighted by atomic mass is 79.9. The van der Waals surface area contributed by atoms with Crippen molar-refractivity contribution in [2.24, 2.45) is 7.05 Å². The van der Waals surface area contributed by atoms with Gasteiger partial charge in [0.05, 0.1) is 11.9 Å². The standard InChI is InChI=1S/C17H20BrClN4O2/c1-21-17(24)16(18)15(12-20-21)23-8-6-22(7-9-23)10-11-25-14-4-2-13(19)3-5-14/h2-5,12H,6-11H2,1H3.